The van der Waals surface area contributed by atoms with Gasteiger partial charge in [0.2, 0.25) is 5.91 Å². The molecule has 1 unspecified atom stereocenters. The first kappa shape index (κ1) is 24.1. The van der Waals surface area contributed by atoms with Crippen molar-refractivity contribution in [2.75, 3.05) is 18.9 Å². The Morgan fingerprint density at radius 3 is 2.37 bits per heavy atom. The zero-order chi connectivity index (χ0) is 24.8. The fourth-order valence-corrected chi connectivity index (χ4v) is 4.13. The Kier molecular flexibility index (Phi) is 7.53. The monoisotopic (exact) mass is 467 g/mol. The Bertz CT molecular complexity index is 1330. The lowest BCUT2D eigenvalue weighted by molar-refractivity contribution is -0.117. The normalized spacial score (nSPS) is 11.7. The van der Waals surface area contributed by atoms with Crippen molar-refractivity contribution < 1.29 is 14.3 Å². The predicted molar refractivity (Wildman–Crippen MR) is 139 cm³/mol. The number of nitrogens with one attached hydrogen (secondary N) is 2. The van der Waals surface area contributed by atoms with Gasteiger partial charge in [0.1, 0.15) is 6.61 Å². The van der Waals surface area contributed by atoms with E-state index in [1.165, 1.54) is 0 Å². The smallest absolute Gasteiger partial charge is 0.338 e. The molecule has 4 rings (SSSR count). The van der Waals surface area contributed by atoms with Crippen LogP contribution in [0.25, 0.3) is 10.8 Å². The Balaban J connectivity index is 1.42. The number of nitrogens with zero attached hydrogens (tertiary/aromatic N) is 1. The fraction of sp³-hybridized carbons (Fsp3) is 0.207. The van der Waals surface area contributed by atoms with Crippen molar-refractivity contribution >= 4 is 28.3 Å². The van der Waals surface area contributed by atoms with E-state index in [0.717, 1.165) is 38.7 Å². The van der Waals surface area contributed by atoms with Crippen molar-refractivity contribution in [1.29, 1.82) is 0 Å². The number of carbonyl (C=O) groups is 2. The molecule has 6 heteroatoms. The fourth-order valence-electron chi connectivity index (χ4n) is 4.13. The molecule has 0 aliphatic heterocycles. The second kappa shape index (κ2) is 10.9. The third-order valence-corrected chi connectivity index (χ3v) is 5.84. The van der Waals surface area contributed by atoms with Crippen LogP contribution in [0.2, 0.25) is 0 Å². The maximum atomic E-state index is 13.1. The number of anilines is 1. The number of hydrogen-bond acceptors (Lipinski definition) is 5. The van der Waals surface area contributed by atoms with Crippen LogP contribution in [-0.2, 0) is 16.1 Å². The van der Waals surface area contributed by atoms with Crippen LogP contribution in [0.5, 0.6) is 0 Å². The van der Waals surface area contributed by atoms with Gasteiger partial charge < -0.3 is 15.4 Å². The van der Waals surface area contributed by atoms with Crippen LogP contribution in [0.1, 0.15) is 38.5 Å². The molecule has 0 aliphatic rings. The maximum absolute atomic E-state index is 13.1. The van der Waals surface area contributed by atoms with Crippen LogP contribution >= 0.6 is 0 Å². The lowest BCUT2D eigenvalue weighted by Gasteiger charge is -2.18. The van der Waals surface area contributed by atoms with Crippen molar-refractivity contribution in [3.63, 3.8) is 0 Å². The third-order valence-electron chi connectivity index (χ3n) is 5.84. The van der Waals surface area contributed by atoms with Gasteiger partial charge in [-0.3, -0.25) is 9.78 Å². The molecule has 0 radical (unpaired) electrons. The highest BCUT2D eigenvalue weighted by atomic mass is 16.5. The number of fused-ring (bicyclic) bond motifs is 1. The van der Waals surface area contributed by atoms with Gasteiger partial charge in [0.05, 0.1) is 11.5 Å². The molecule has 0 saturated carbocycles. The first-order chi connectivity index (χ1) is 16.9. The molecule has 0 bridgehead atoms. The van der Waals surface area contributed by atoms with E-state index in [1.807, 2.05) is 87.6 Å². The number of benzene rings is 3. The van der Waals surface area contributed by atoms with E-state index in [0.29, 0.717) is 12.1 Å². The number of amides is 1. The van der Waals surface area contributed by atoms with Gasteiger partial charge in [0, 0.05) is 30.0 Å². The summed E-state index contributed by atoms with van der Waals surface area (Å²) < 4.78 is 5.50. The lowest BCUT2D eigenvalue weighted by atomic mass is 9.96. The van der Waals surface area contributed by atoms with E-state index in [2.05, 4.69) is 15.6 Å². The maximum Gasteiger partial charge on any atom is 0.338 e. The summed E-state index contributed by atoms with van der Waals surface area (Å²) in [6, 6.07) is 21.0. The molecule has 0 spiro atoms. The zero-order valence-corrected chi connectivity index (χ0v) is 20.2. The molecule has 3 aromatic carbocycles. The molecule has 0 saturated heterocycles. The molecule has 0 aliphatic carbocycles. The lowest BCUT2D eigenvalue weighted by Crippen LogP contribution is -2.29. The number of ether oxygens (including phenoxy) is 1. The molecular formula is C29H29N3O3. The van der Waals surface area contributed by atoms with E-state index in [1.54, 1.807) is 12.4 Å². The summed E-state index contributed by atoms with van der Waals surface area (Å²) >= 11 is 0. The largest absolute Gasteiger partial charge is 0.457 e. The first-order valence-electron chi connectivity index (χ1n) is 11.6. The molecule has 178 valence electrons. The number of hydrogen-bond donors (Lipinski definition) is 2. The summed E-state index contributed by atoms with van der Waals surface area (Å²) in [5.74, 6) is -0.818. The molecule has 0 fully saturated rings. The molecular weight excluding hydrogens is 438 g/mol. The quantitative estimate of drug-likeness (QED) is 0.350. The molecule has 35 heavy (non-hydrogen) atoms. The Labute approximate surface area is 205 Å². The van der Waals surface area contributed by atoms with Gasteiger partial charge in [-0.05, 0) is 67.7 Å². The van der Waals surface area contributed by atoms with Crippen molar-refractivity contribution in [2.45, 2.75) is 26.4 Å². The minimum Gasteiger partial charge on any atom is -0.457 e. The van der Waals surface area contributed by atoms with Crippen LogP contribution in [-0.4, -0.2) is 30.5 Å². The van der Waals surface area contributed by atoms with Crippen molar-refractivity contribution in [3.05, 3.63) is 107 Å². The predicted octanol–water partition coefficient (Wildman–Crippen LogP) is 5.15. The molecule has 1 atom stereocenters. The van der Waals surface area contributed by atoms with Gasteiger partial charge in [-0.2, -0.15) is 0 Å². The van der Waals surface area contributed by atoms with Crippen LogP contribution in [0, 0.1) is 13.8 Å². The molecule has 6 nitrogen and oxygen atoms in total. The van der Waals surface area contributed by atoms with Crippen LogP contribution in [0.3, 0.4) is 0 Å². The van der Waals surface area contributed by atoms with Gasteiger partial charge in [0.25, 0.3) is 0 Å². The van der Waals surface area contributed by atoms with Crippen LogP contribution < -0.4 is 10.6 Å². The minimum atomic E-state index is -0.375. The van der Waals surface area contributed by atoms with Gasteiger partial charge in [0.15, 0.2) is 0 Å². The number of aryl methyl sites for hydroxylation is 2. The zero-order valence-electron chi connectivity index (χ0n) is 20.2. The number of carbonyl (C=O) groups excluding carboxylic acids is 2. The van der Waals surface area contributed by atoms with Gasteiger partial charge in [-0.1, -0.05) is 47.5 Å². The summed E-state index contributed by atoms with van der Waals surface area (Å²) in [7, 11) is 1.82. The van der Waals surface area contributed by atoms with E-state index < -0.39 is 0 Å². The van der Waals surface area contributed by atoms with Gasteiger partial charge >= 0.3 is 5.97 Å². The Hall–Kier alpha value is -4.03. The number of aromatic nitrogens is 1. The van der Waals surface area contributed by atoms with Crippen LogP contribution in [0.4, 0.5) is 5.69 Å². The summed E-state index contributed by atoms with van der Waals surface area (Å²) in [6.07, 6.45) is 3.53. The average molecular weight is 468 g/mol. The summed E-state index contributed by atoms with van der Waals surface area (Å²) in [6.45, 7) is 4.57. The Morgan fingerprint density at radius 2 is 1.66 bits per heavy atom. The van der Waals surface area contributed by atoms with E-state index >= 15 is 0 Å². The molecule has 1 amide bonds. The Morgan fingerprint density at radius 1 is 0.914 bits per heavy atom. The van der Waals surface area contributed by atoms with Gasteiger partial charge in [-0.15, -0.1) is 0 Å². The van der Waals surface area contributed by atoms with Crippen molar-refractivity contribution in [2.24, 2.45) is 0 Å². The topological polar surface area (TPSA) is 80.3 Å². The standard InChI is InChI=1S/C29H29N3O3/c1-19-12-20(2)14-25(13-19)29(34)35-18-21-4-6-22(7-5-21)27(17-30-3)28(33)32-26-9-8-24-16-31-11-10-23(24)15-26/h4-16,27,30H,17-18H2,1-3H3,(H,32,33). The van der Waals surface area contributed by atoms with Gasteiger partial charge in [-0.25, -0.2) is 4.79 Å². The summed E-state index contributed by atoms with van der Waals surface area (Å²) in [5.41, 5.74) is 5.08. The molecule has 2 N–H and O–H groups in total. The third kappa shape index (κ3) is 6.11. The number of likely N-dealkylation sites (N-methyl/N-ethyl adjacent to an activating group) is 1. The highest BCUT2D eigenvalue weighted by Gasteiger charge is 2.20. The van der Waals surface area contributed by atoms with Crippen molar-refractivity contribution in [1.82, 2.24) is 10.3 Å². The summed E-state index contributed by atoms with van der Waals surface area (Å²) in [4.78, 5) is 29.7. The van der Waals surface area contributed by atoms with E-state index in [9.17, 15) is 9.59 Å². The first-order valence-corrected chi connectivity index (χ1v) is 11.6. The second-order valence-corrected chi connectivity index (χ2v) is 8.73. The summed E-state index contributed by atoms with van der Waals surface area (Å²) in [5, 5.41) is 8.17. The SMILES string of the molecule is CNCC(C(=O)Nc1ccc2cnccc2c1)c1ccc(COC(=O)c2cc(C)cc(C)c2)cc1. The minimum absolute atomic E-state index is 0.0956. The molecule has 1 heterocycles. The van der Waals surface area contributed by atoms with E-state index in [-0.39, 0.29) is 24.4 Å². The van der Waals surface area contributed by atoms with Crippen LogP contribution in [0.15, 0.2) is 79.1 Å². The second-order valence-electron chi connectivity index (χ2n) is 8.73. The number of rotatable bonds is 8. The average Bonchev–Trinajstić information content (AvgIpc) is 2.85. The van der Waals surface area contributed by atoms with Crippen molar-refractivity contribution in [3.8, 4) is 0 Å². The molecule has 1 aromatic heterocycles. The number of pyridine rings is 1. The van der Waals surface area contributed by atoms with E-state index in [4.69, 9.17) is 4.74 Å². The highest BCUT2D eigenvalue weighted by molar-refractivity contribution is 5.98. The molecule has 4 aromatic rings. The number of esters is 1. The highest BCUT2D eigenvalue weighted by Crippen LogP contribution is 2.22.